The highest BCUT2D eigenvalue weighted by Gasteiger charge is 2.36. The van der Waals surface area contributed by atoms with Gasteiger partial charge in [0.25, 0.3) is 0 Å². The van der Waals surface area contributed by atoms with Gasteiger partial charge in [-0.2, -0.15) is 0 Å². The van der Waals surface area contributed by atoms with E-state index in [4.69, 9.17) is 4.74 Å². The van der Waals surface area contributed by atoms with E-state index >= 15 is 0 Å². The third-order valence-electron chi connectivity index (χ3n) is 4.23. The summed E-state index contributed by atoms with van der Waals surface area (Å²) in [5.41, 5.74) is 0.553. The molecule has 2 saturated heterocycles. The largest absolute Gasteiger partial charge is 0.380 e. The molecule has 0 aliphatic carbocycles. The maximum Gasteiger partial charge on any atom is 0.0710 e. The normalized spacial score (nSPS) is 36.0. The van der Waals surface area contributed by atoms with Crippen molar-refractivity contribution >= 4 is 0 Å². The fraction of sp³-hybridized carbons (Fsp3) is 1.00. The van der Waals surface area contributed by atoms with Crippen LogP contribution in [-0.2, 0) is 4.74 Å². The first-order valence-electron chi connectivity index (χ1n) is 6.74. The molecule has 2 fully saturated rings. The molecule has 94 valence electrons. The Kier molecular flexibility index (Phi) is 4.22. The van der Waals surface area contributed by atoms with Crippen LogP contribution in [0.2, 0.25) is 0 Å². The van der Waals surface area contributed by atoms with Crippen molar-refractivity contribution in [1.82, 2.24) is 10.2 Å². The van der Waals surface area contributed by atoms with E-state index < -0.39 is 0 Å². The van der Waals surface area contributed by atoms with Gasteiger partial charge in [0.2, 0.25) is 0 Å². The average molecular weight is 226 g/mol. The Morgan fingerprint density at radius 3 is 2.94 bits per heavy atom. The number of nitrogens with zero attached hydrogens (tertiary/aromatic N) is 1. The van der Waals surface area contributed by atoms with Gasteiger partial charge in [-0.1, -0.05) is 13.3 Å². The predicted molar refractivity (Wildman–Crippen MR) is 66.7 cm³/mol. The monoisotopic (exact) mass is 226 g/mol. The summed E-state index contributed by atoms with van der Waals surface area (Å²) in [5.74, 6) is 0. The molecule has 2 atom stereocenters. The number of ether oxygens (including phenoxy) is 1. The van der Waals surface area contributed by atoms with Crippen molar-refractivity contribution in [2.75, 3.05) is 39.8 Å². The second-order valence-corrected chi connectivity index (χ2v) is 5.56. The first kappa shape index (κ1) is 12.3. The molecule has 2 heterocycles. The Labute approximate surface area is 99.5 Å². The second-order valence-electron chi connectivity index (χ2n) is 5.56. The number of rotatable bonds is 5. The van der Waals surface area contributed by atoms with E-state index in [9.17, 15) is 0 Å². The van der Waals surface area contributed by atoms with Crippen molar-refractivity contribution in [2.24, 2.45) is 5.41 Å². The molecule has 1 N–H and O–H groups in total. The zero-order chi connectivity index (χ0) is 11.4. The molecule has 3 heteroatoms. The van der Waals surface area contributed by atoms with Gasteiger partial charge >= 0.3 is 0 Å². The van der Waals surface area contributed by atoms with Gasteiger partial charge < -0.3 is 15.0 Å². The molecule has 0 aromatic carbocycles. The van der Waals surface area contributed by atoms with Crippen LogP contribution < -0.4 is 5.32 Å². The molecular weight excluding hydrogens is 200 g/mol. The molecule has 3 nitrogen and oxygen atoms in total. The summed E-state index contributed by atoms with van der Waals surface area (Å²) in [5, 5.41) is 3.54. The van der Waals surface area contributed by atoms with E-state index in [2.05, 4.69) is 17.1 Å². The highest BCUT2D eigenvalue weighted by Crippen LogP contribution is 2.33. The highest BCUT2D eigenvalue weighted by molar-refractivity contribution is 4.92. The van der Waals surface area contributed by atoms with Crippen LogP contribution in [0.4, 0.5) is 0 Å². The quantitative estimate of drug-likeness (QED) is 0.768. The third-order valence-corrected chi connectivity index (χ3v) is 4.23. The summed E-state index contributed by atoms with van der Waals surface area (Å²) < 4.78 is 5.44. The van der Waals surface area contributed by atoms with Crippen LogP contribution in [0.25, 0.3) is 0 Å². The summed E-state index contributed by atoms with van der Waals surface area (Å²) in [6.07, 6.45) is 5.73. The minimum atomic E-state index is 0.480. The maximum atomic E-state index is 5.44. The minimum Gasteiger partial charge on any atom is -0.380 e. The number of hydrogen-bond donors (Lipinski definition) is 1. The number of nitrogens with one attached hydrogen (secondary N) is 1. The van der Waals surface area contributed by atoms with Crippen molar-refractivity contribution in [3.05, 3.63) is 0 Å². The summed E-state index contributed by atoms with van der Waals surface area (Å²) >= 11 is 0. The summed E-state index contributed by atoms with van der Waals surface area (Å²) in [7, 11) is 1.84. The van der Waals surface area contributed by atoms with E-state index in [0.717, 1.165) is 6.54 Å². The molecule has 2 rings (SSSR count). The smallest absolute Gasteiger partial charge is 0.0710 e. The SMILES string of the molecule is CCCC1(CN2CCC(OC)C2)CCNC1. The molecule has 0 saturated carbocycles. The predicted octanol–water partition coefficient (Wildman–Crippen LogP) is 1.49. The van der Waals surface area contributed by atoms with Crippen molar-refractivity contribution in [3.63, 3.8) is 0 Å². The van der Waals surface area contributed by atoms with Gasteiger partial charge in [-0.3, -0.25) is 0 Å². The topological polar surface area (TPSA) is 24.5 Å². The molecule has 0 bridgehead atoms. The molecule has 0 aromatic heterocycles. The van der Waals surface area contributed by atoms with Crippen molar-refractivity contribution < 1.29 is 4.74 Å². The Morgan fingerprint density at radius 1 is 1.50 bits per heavy atom. The number of methoxy groups -OCH3 is 1. The van der Waals surface area contributed by atoms with Gasteiger partial charge in [0, 0.05) is 33.3 Å². The van der Waals surface area contributed by atoms with Gasteiger partial charge in [-0.25, -0.2) is 0 Å². The Balaban J connectivity index is 1.86. The number of hydrogen-bond acceptors (Lipinski definition) is 3. The Morgan fingerprint density at radius 2 is 2.38 bits per heavy atom. The lowest BCUT2D eigenvalue weighted by molar-refractivity contribution is 0.0976. The van der Waals surface area contributed by atoms with Gasteiger partial charge in [-0.05, 0) is 31.2 Å². The van der Waals surface area contributed by atoms with Crippen LogP contribution in [0.15, 0.2) is 0 Å². The molecule has 2 unspecified atom stereocenters. The zero-order valence-electron chi connectivity index (χ0n) is 10.8. The van der Waals surface area contributed by atoms with Gasteiger partial charge in [0.05, 0.1) is 6.10 Å². The van der Waals surface area contributed by atoms with Crippen molar-refractivity contribution in [3.8, 4) is 0 Å². The lowest BCUT2D eigenvalue weighted by Gasteiger charge is -2.32. The van der Waals surface area contributed by atoms with E-state index in [0.29, 0.717) is 11.5 Å². The molecule has 0 amide bonds. The summed E-state index contributed by atoms with van der Waals surface area (Å²) in [6, 6.07) is 0. The zero-order valence-corrected chi connectivity index (χ0v) is 10.8. The molecule has 16 heavy (non-hydrogen) atoms. The van der Waals surface area contributed by atoms with Crippen LogP contribution in [-0.4, -0.2) is 50.8 Å². The van der Waals surface area contributed by atoms with Gasteiger partial charge in [0.15, 0.2) is 0 Å². The first-order chi connectivity index (χ1) is 7.78. The Hall–Kier alpha value is -0.120. The lowest BCUT2D eigenvalue weighted by atomic mass is 9.82. The van der Waals surface area contributed by atoms with Crippen LogP contribution in [0.3, 0.4) is 0 Å². The number of likely N-dealkylation sites (tertiary alicyclic amines) is 1. The summed E-state index contributed by atoms with van der Waals surface area (Å²) in [4.78, 5) is 2.61. The van der Waals surface area contributed by atoms with Crippen molar-refractivity contribution in [1.29, 1.82) is 0 Å². The van der Waals surface area contributed by atoms with Gasteiger partial charge in [0.1, 0.15) is 0 Å². The first-order valence-corrected chi connectivity index (χ1v) is 6.74. The van der Waals surface area contributed by atoms with E-state index in [1.54, 1.807) is 0 Å². The molecule has 2 aliphatic rings. The standard InChI is InChI=1S/C13H26N2O/c1-3-5-13(6-7-14-10-13)11-15-8-4-12(9-15)16-2/h12,14H,3-11H2,1-2H3. The highest BCUT2D eigenvalue weighted by atomic mass is 16.5. The third kappa shape index (κ3) is 2.76. The molecule has 0 spiro atoms. The summed E-state index contributed by atoms with van der Waals surface area (Å²) in [6.45, 7) is 8.37. The second kappa shape index (κ2) is 5.48. The lowest BCUT2D eigenvalue weighted by Crippen LogP contribution is -2.38. The molecule has 2 aliphatic heterocycles. The van der Waals surface area contributed by atoms with Crippen LogP contribution in [0.5, 0.6) is 0 Å². The fourth-order valence-electron chi connectivity index (χ4n) is 3.36. The molecule has 0 aromatic rings. The average Bonchev–Trinajstić information content (AvgIpc) is 2.89. The van der Waals surface area contributed by atoms with Crippen molar-refractivity contribution in [2.45, 2.75) is 38.7 Å². The van der Waals surface area contributed by atoms with E-state index in [1.165, 1.54) is 51.9 Å². The van der Waals surface area contributed by atoms with E-state index in [-0.39, 0.29) is 0 Å². The molecular formula is C13H26N2O. The van der Waals surface area contributed by atoms with Crippen LogP contribution >= 0.6 is 0 Å². The Bertz CT molecular complexity index is 214. The fourth-order valence-corrected chi connectivity index (χ4v) is 3.36. The van der Waals surface area contributed by atoms with Gasteiger partial charge in [-0.15, -0.1) is 0 Å². The molecule has 0 radical (unpaired) electrons. The minimum absolute atomic E-state index is 0.480. The van der Waals surface area contributed by atoms with Crippen LogP contribution in [0.1, 0.15) is 32.6 Å². The van der Waals surface area contributed by atoms with E-state index in [1.807, 2.05) is 7.11 Å². The maximum absolute atomic E-state index is 5.44. The van der Waals surface area contributed by atoms with Crippen LogP contribution in [0, 0.1) is 5.41 Å².